The molecule has 1 aliphatic rings. The van der Waals surface area contributed by atoms with Crippen LogP contribution >= 0.6 is 0 Å². The summed E-state index contributed by atoms with van der Waals surface area (Å²) in [5.74, 6) is 1.03. The molecule has 1 amide bonds. The number of ether oxygens (including phenoxy) is 2. The van der Waals surface area contributed by atoms with E-state index in [1.165, 1.54) is 12.1 Å². The van der Waals surface area contributed by atoms with Gasteiger partial charge in [-0.05, 0) is 67.1 Å². The van der Waals surface area contributed by atoms with Gasteiger partial charge in [0.15, 0.2) is 0 Å². The van der Waals surface area contributed by atoms with E-state index in [0.717, 1.165) is 22.4 Å². The molecule has 0 fully saturated rings. The van der Waals surface area contributed by atoms with Gasteiger partial charge < -0.3 is 9.47 Å². The number of carbonyl (C=O) groups excluding carboxylic acids is 1. The number of aromatic nitrogens is 1. The van der Waals surface area contributed by atoms with Crippen molar-refractivity contribution in [2.75, 3.05) is 6.61 Å². The van der Waals surface area contributed by atoms with E-state index in [9.17, 15) is 9.18 Å². The number of halogens is 1. The van der Waals surface area contributed by atoms with Crippen LogP contribution in [-0.4, -0.2) is 23.7 Å². The molecule has 1 N–H and O–H groups in total. The Balaban J connectivity index is 1.60. The minimum Gasteiger partial charge on any atom is -0.494 e. The lowest BCUT2D eigenvalue weighted by Gasteiger charge is -2.30. The fourth-order valence-corrected chi connectivity index (χ4v) is 4.25. The molecule has 1 aliphatic heterocycles. The monoisotopic (exact) mass is 493 g/mol. The highest BCUT2D eigenvalue weighted by Gasteiger charge is 2.31. The van der Waals surface area contributed by atoms with E-state index in [1.807, 2.05) is 55.5 Å². The summed E-state index contributed by atoms with van der Waals surface area (Å²) in [6.45, 7) is 2.49. The Bertz CT molecular complexity index is 1450. The van der Waals surface area contributed by atoms with Crippen molar-refractivity contribution in [2.24, 2.45) is 5.10 Å². The smallest absolute Gasteiger partial charge is 0.271 e. The van der Waals surface area contributed by atoms with Crippen LogP contribution in [-0.2, 0) is 0 Å². The molecule has 1 aromatic heterocycles. The Morgan fingerprint density at radius 2 is 1.76 bits per heavy atom. The van der Waals surface area contributed by atoms with E-state index in [4.69, 9.17) is 9.47 Å². The van der Waals surface area contributed by atoms with E-state index in [0.29, 0.717) is 29.3 Å². The van der Waals surface area contributed by atoms with E-state index in [1.54, 1.807) is 42.9 Å². The summed E-state index contributed by atoms with van der Waals surface area (Å²) in [5, 5.41) is 4.28. The number of hydrogen-bond acceptors (Lipinski definition) is 5. The second-order valence-electron chi connectivity index (χ2n) is 8.30. The standard InChI is InChI=1S/C30H24FN3O3/c1-2-36-24-13-9-21(10-14-24)29-26(19-33-34-30(35)22-15-17-32-18-16-22)28(20-7-11-23(31)12-8-20)25-5-3-4-6-27(25)37-29/h3-19,28H,2H2,1H3,(H,34,35)/b33-19-/t28-/m1/s1. The first-order chi connectivity index (χ1) is 18.1. The molecular formula is C30H24FN3O3. The molecule has 0 radical (unpaired) electrons. The van der Waals surface area contributed by atoms with Crippen LogP contribution in [0.2, 0.25) is 0 Å². The van der Waals surface area contributed by atoms with Gasteiger partial charge in [0.2, 0.25) is 0 Å². The number of allylic oxidation sites excluding steroid dienone is 1. The van der Waals surface area contributed by atoms with Crippen LogP contribution in [0.15, 0.2) is 108 Å². The first-order valence-corrected chi connectivity index (χ1v) is 11.9. The third-order valence-electron chi connectivity index (χ3n) is 5.96. The number of carbonyl (C=O) groups is 1. The Hall–Kier alpha value is -4.78. The highest BCUT2D eigenvalue weighted by atomic mass is 19.1. The Labute approximate surface area is 214 Å². The molecule has 184 valence electrons. The second-order valence-corrected chi connectivity index (χ2v) is 8.30. The lowest BCUT2D eigenvalue weighted by molar-refractivity contribution is 0.0955. The number of fused-ring (bicyclic) bond motifs is 1. The molecule has 0 bridgehead atoms. The maximum absolute atomic E-state index is 13.8. The SMILES string of the molecule is CCOc1ccc(C2=C(/C=N\NC(=O)c3ccncc3)[C@H](c3ccc(F)cc3)c3ccccc3O2)cc1. The van der Waals surface area contributed by atoms with Crippen molar-refractivity contribution < 1.29 is 18.7 Å². The van der Waals surface area contributed by atoms with Gasteiger partial charge in [0.25, 0.3) is 5.91 Å². The first-order valence-electron chi connectivity index (χ1n) is 11.9. The van der Waals surface area contributed by atoms with Crippen LogP contribution in [0.25, 0.3) is 5.76 Å². The van der Waals surface area contributed by atoms with Gasteiger partial charge in [-0.3, -0.25) is 9.78 Å². The van der Waals surface area contributed by atoms with Crippen LogP contribution < -0.4 is 14.9 Å². The van der Waals surface area contributed by atoms with Crippen LogP contribution in [0.5, 0.6) is 11.5 Å². The molecular weight excluding hydrogens is 469 g/mol. The second kappa shape index (κ2) is 10.9. The number of nitrogens with zero attached hydrogens (tertiary/aromatic N) is 2. The molecule has 0 spiro atoms. The first kappa shape index (κ1) is 23.9. The maximum Gasteiger partial charge on any atom is 0.271 e. The largest absolute Gasteiger partial charge is 0.494 e. The fraction of sp³-hybridized carbons (Fsp3) is 0.100. The number of rotatable bonds is 7. The summed E-state index contributed by atoms with van der Waals surface area (Å²) in [6.07, 6.45) is 4.68. The van der Waals surface area contributed by atoms with E-state index in [2.05, 4.69) is 15.5 Å². The zero-order chi connectivity index (χ0) is 25.6. The number of hydrogen-bond donors (Lipinski definition) is 1. The van der Waals surface area contributed by atoms with Crippen LogP contribution in [0.4, 0.5) is 4.39 Å². The van der Waals surface area contributed by atoms with Crippen LogP contribution in [0.1, 0.15) is 39.9 Å². The average Bonchev–Trinajstić information content (AvgIpc) is 2.94. The molecule has 5 rings (SSSR count). The molecule has 0 saturated carbocycles. The topological polar surface area (TPSA) is 72.8 Å². The third kappa shape index (κ3) is 5.26. The van der Waals surface area contributed by atoms with Gasteiger partial charge in [-0.2, -0.15) is 5.10 Å². The van der Waals surface area contributed by atoms with Crippen molar-refractivity contribution in [3.8, 4) is 11.5 Å². The number of para-hydroxylation sites is 1. The van der Waals surface area contributed by atoms with Crippen LogP contribution in [0.3, 0.4) is 0 Å². The number of amides is 1. The summed E-state index contributed by atoms with van der Waals surface area (Å²) in [5.41, 5.74) is 6.32. The molecule has 4 aromatic rings. The van der Waals surface area contributed by atoms with Crippen molar-refractivity contribution in [3.05, 3.63) is 131 Å². The fourth-order valence-electron chi connectivity index (χ4n) is 4.25. The Morgan fingerprint density at radius 1 is 1.03 bits per heavy atom. The van der Waals surface area contributed by atoms with E-state index < -0.39 is 0 Å². The summed E-state index contributed by atoms with van der Waals surface area (Å²) in [7, 11) is 0. The predicted octanol–water partition coefficient (Wildman–Crippen LogP) is 5.97. The number of benzene rings is 3. The maximum atomic E-state index is 13.8. The molecule has 6 nitrogen and oxygen atoms in total. The molecule has 0 aliphatic carbocycles. The number of hydrazone groups is 1. The van der Waals surface area contributed by atoms with Gasteiger partial charge in [-0.25, -0.2) is 9.82 Å². The minimum atomic E-state index is -0.364. The van der Waals surface area contributed by atoms with Crippen molar-refractivity contribution in [1.29, 1.82) is 0 Å². The quantitative estimate of drug-likeness (QED) is 0.254. The minimum absolute atomic E-state index is 0.311. The molecule has 1 atom stereocenters. The summed E-state index contributed by atoms with van der Waals surface area (Å²) in [6, 6.07) is 24.9. The molecule has 37 heavy (non-hydrogen) atoms. The third-order valence-corrected chi connectivity index (χ3v) is 5.96. The lowest BCUT2D eigenvalue weighted by atomic mass is 9.81. The van der Waals surface area contributed by atoms with Crippen LogP contribution in [0, 0.1) is 5.82 Å². The molecule has 7 heteroatoms. The zero-order valence-corrected chi connectivity index (χ0v) is 20.1. The van der Waals surface area contributed by atoms with Gasteiger partial charge in [-0.15, -0.1) is 0 Å². The van der Waals surface area contributed by atoms with E-state index >= 15 is 0 Å². The van der Waals surface area contributed by atoms with Crippen molar-refractivity contribution >= 4 is 17.9 Å². The normalized spacial score (nSPS) is 14.7. The zero-order valence-electron chi connectivity index (χ0n) is 20.1. The molecule has 2 heterocycles. The van der Waals surface area contributed by atoms with Gasteiger partial charge in [0, 0.05) is 40.6 Å². The number of nitrogens with one attached hydrogen (secondary N) is 1. The molecule has 0 saturated heterocycles. The summed E-state index contributed by atoms with van der Waals surface area (Å²) >= 11 is 0. The van der Waals surface area contributed by atoms with Gasteiger partial charge in [0.1, 0.15) is 23.1 Å². The van der Waals surface area contributed by atoms with Crippen molar-refractivity contribution in [3.63, 3.8) is 0 Å². The number of pyridine rings is 1. The Morgan fingerprint density at radius 3 is 2.49 bits per heavy atom. The average molecular weight is 494 g/mol. The highest BCUT2D eigenvalue weighted by Crippen LogP contribution is 2.45. The Kier molecular flexibility index (Phi) is 7.03. The van der Waals surface area contributed by atoms with Gasteiger partial charge in [0.05, 0.1) is 12.8 Å². The van der Waals surface area contributed by atoms with Crippen molar-refractivity contribution in [2.45, 2.75) is 12.8 Å². The predicted molar refractivity (Wildman–Crippen MR) is 140 cm³/mol. The van der Waals surface area contributed by atoms with Gasteiger partial charge in [-0.1, -0.05) is 30.3 Å². The summed E-state index contributed by atoms with van der Waals surface area (Å²) < 4.78 is 25.8. The van der Waals surface area contributed by atoms with Gasteiger partial charge >= 0.3 is 0 Å². The lowest BCUT2D eigenvalue weighted by Crippen LogP contribution is -2.21. The van der Waals surface area contributed by atoms with E-state index in [-0.39, 0.29) is 17.6 Å². The summed E-state index contributed by atoms with van der Waals surface area (Å²) in [4.78, 5) is 16.5. The van der Waals surface area contributed by atoms with Crippen molar-refractivity contribution in [1.82, 2.24) is 10.4 Å². The molecule has 0 unspecified atom stereocenters. The molecule has 3 aromatic carbocycles. The highest BCUT2D eigenvalue weighted by molar-refractivity contribution is 5.97.